The second-order valence-corrected chi connectivity index (χ2v) is 12.6. The van der Waals surface area contributed by atoms with Crippen LogP contribution in [0.2, 0.25) is 5.02 Å². The minimum atomic E-state index is -0.705. The maximum absolute atomic E-state index is 13.0. The molecule has 0 radical (unpaired) electrons. The molecule has 200 valence electrons. The number of halogens is 1. The van der Waals surface area contributed by atoms with Crippen molar-refractivity contribution >= 4 is 49.8 Å². The lowest BCUT2D eigenvalue weighted by Gasteiger charge is -2.29. The molecule has 0 unspecified atom stereocenters. The smallest absolute Gasteiger partial charge is 0.163 e. The topological polar surface area (TPSA) is 66.2 Å². The largest absolute Gasteiger partial charge is 0.377 e. The Morgan fingerprint density at radius 3 is 2.49 bits per heavy atom. The summed E-state index contributed by atoms with van der Waals surface area (Å²) < 4.78 is 14.8. The zero-order valence-corrected chi connectivity index (χ0v) is 24.2. The molecule has 0 spiro atoms. The van der Waals surface area contributed by atoms with E-state index in [-0.39, 0.29) is 5.78 Å². The number of nitrogens with zero attached hydrogens (tertiary/aromatic N) is 3. The Balaban J connectivity index is 1.54. The fraction of sp³-hybridized carbons (Fsp3) is 0.323. The van der Waals surface area contributed by atoms with Gasteiger partial charge in [-0.1, -0.05) is 23.7 Å². The molecule has 1 aliphatic rings. The number of hydrogen-bond acceptors (Lipinski definition) is 6. The van der Waals surface area contributed by atoms with Gasteiger partial charge < -0.3 is 9.47 Å². The number of Topliss-reactive ketones (excluding diaryl/α,β-unsaturated/α-hetero) is 1. The highest BCUT2D eigenvalue weighted by Gasteiger charge is 2.30. The van der Waals surface area contributed by atoms with Gasteiger partial charge in [0.2, 0.25) is 0 Å². The van der Waals surface area contributed by atoms with Crippen molar-refractivity contribution < 1.29 is 14.3 Å². The molecule has 5 aromatic rings. The van der Waals surface area contributed by atoms with Gasteiger partial charge >= 0.3 is 0 Å². The number of fused-ring (bicyclic) bond motifs is 2. The van der Waals surface area contributed by atoms with E-state index in [0.717, 1.165) is 53.9 Å². The molecular weight excluding hydrogens is 530 g/mol. The zero-order valence-electron chi connectivity index (χ0n) is 22.6. The maximum Gasteiger partial charge on any atom is 0.163 e. The van der Waals surface area contributed by atoms with E-state index in [4.69, 9.17) is 26.1 Å². The van der Waals surface area contributed by atoms with Gasteiger partial charge in [-0.05, 0) is 82.1 Å². The van der Waals surface area contributed by atoms with Crippen molar-refractivity contribution in [2.75, 3.05) is 13.2 Å². The van der Waals surface area contributed by atoms with Crippen LogP contribution in [0.1, 0.15) is 51.0 Å². The first-order chi connectivity index (χ1) is 18.6. The highest BCUT2D eigenvalue weighted by molar-refractivity contribution is 7.22. The molecule has 0 saturated carbocycles. The first-order valence-electron chi connectivity index (χ1n) is 13.0. The van der Waals surface area contributed by atoms with Gasteiger partial charge in [0.05, 0.1) is 46.8 Å². The van der Waals surface area contributed by atoms with Gasteiger partial charge in [0.25, 0.3) is 0 Å². The monoisotopic (exact) mass is 559 g/mol. The van der Waals surface area contributed by atoms with E-state index in [1.807, 2.05) is 62.8 Å². The number of ether oxygens (including phenoxy) is 2. The van der Waals surface area contributed by atoms with Gasteiger partial charge in [-0.25, -0.2) is 4.98 Å². The lowest BCUT2D eigenvalue weighted by Crippen LogP contribution is -2.31. The average molecular weight is 560 g/mol. The normalized spacial score (nSPS) is 15.1. The van der Waals surface area contributed by atoms with Crippen LogP contribution in [0.25, 0.3) is 42.8 Å². The van der Waals surface area contributed by atoms with E-state index in [9.17, 15) is 4.79 Å². The number of hydrogen-bond donors (Lipinski definition) is 0. The molecule has 1 fully saturated rings. The Bertz CT molecular complexity index is 1710. The molecule has 0 amide bonds. The Labute approximate surface area is 236 Å². The van der Waals surface area contributed by atoms with Crippen LogP contribution in [0.15, 0.2) is 54.7 Å². The number of aromatic nitrogens is 3. The summed E-state index contributed by atoms with van der Waals surface area (Å²) in [5.41, 5.74) is 6.30. The van der Waals surface area contributed by atoms with Gasteiger partial charge in [-0.3, -0.25) is 9.48 Å². The highest BCUT2D eigenvalue weighted by atomic mass is 35.5. The molecule has 1 atom stereocenters. The number of thiazole rings is 1. The Hall–Kier alpha value is -3.10. The number of ketones is 1. The Morgan fingerprint density at radius 1 is 1.13 bits per heavy atom. The predicted molar refractivity (Wildman–Crippen MR) is 158 cm³/mol. The summed E-state index contributed by atoms with van der Waals surface area (Å²) in [4.78, 5) is 18.1. The Morgan fingerprint density at radius 2 is 1.85 bits per heavy atom. The SMILES string of the molecule is CC(=O)[C@@H](OC(C)(C)C)c1c(C)cc2nc(-c3ccc4c(cnn4C4COC4)c3)sc2c1-c1ccc(Cl)cc1. The summed E-state index contributed by atoms with van der Waals surface area (Å²) in [5.74, 6) is -0.0355. The molecule has 0 bridgehead atoms. The van der Waals surface area contributed by atoms with E-state index in [0.29, 0.717) is 24.3 Å². The standard InChI is InChI=1S/C31H30ClN3O3S/c1-17-12-24-29(27(19-6-9-22(32)10-7-19)26(17)28(18(2)36)38-31(3,4)5)39-30(34-24)20-8-11-25-21(13-20)14-33-35(25)23-15-37-16-23/h6-14,23,28H,15-16H2,1-5H3/t28-/m1/s1. The maximum atomic E-state index is 13.0. The molecule has 3 aromatic carbocycles. The molecule has 3 heterocycles. The molecule has 0 aliphatic carbocycles. The van der Waals surface area contributed by atoms with Crippen molar-refractivity contribution in [1.82, 2.24) is 14.8 Å². The van der Waals surface area contributed by atoms with E-state index < -0.39 is 11.7 Å². The van der Waals surface area contributed by atoms with E-state index >= 15 is 0 Å². The number of benzene rings is 3. The fourth-order valence-electron chi connectivity index (χ4n) is 5.12. The lowest BCUT2D eigenvalue weighted by molar-refractivity contribution is -0.138. The van der Waals surface area contributed by atoms with E-state index in [1.54, 1.807) is 18.3 Å². The first kappa shape index (κ1) is 26.1. The van der Waals surface area contributed by atoms with Crippen molar-refractivity contribution in [1.29, 1.82) is 0 Å². The molecule has 1 saturated heterocycles. The van der Waals surface area contributed by atoms with Crippen molar-refractivity contribution in [2.45, 2.75) is 52.4 Å². The summed E-state index contributed by atoms with van der Waals surface area (Å²) in [6.45, 7) is 10.9. The van der Waals surface area contributed by atoms with E-state index in [2.05, 4.69) is 29.4 Å². The van der Waals surface area contributed by atoms with Gasteiger partial charge in [0.1, 0.15) is 11.1 Å². The second-order valence-electron chi connectivity index (χ2n) is 11.1. The van der Waals surface area contributed by atoms with Crippen LogP contribution in [-0.2, 0) is 14.3 Å². The zero-order chi connectivity index (χ0) is 27.5. The summed E-state index contributed by atoms with van der Waals surface area (Å²) in [5, 5.41) is 7.25. The third-order valence-corrected chi connectivity index (χ3v) is 8.36. The van der Waals surface area contributed by atoms with Crippen molar-refractivity contribution in [2.24, 2.45) is 0 Å². The summed E-state index contributed by atoms with van der Waals surface area (Å²) in [7, 11) is 0. The summed E-state index contributed by atoms with van der Waals surface area (Å²) in [6, 6.07) is 16.5. The molecule has 6 nitrogen and oxygen atoms in total. The van der Waals surface area contributed by atoms with Crippen LogP contribution in [0, 0.1) is 6.92 Å². The first-order valence-corrected chi connectivity index (χ1v) is 14.2. The minimum Gasteiger partial charge on any atom is -0.377 e. The number of rotatable bonds is 6. The van der Waals surface area contributed by atoms with E-state index in [1.165, 1.54) is 0 Å². The molecular formula is C31H30ClN3O3S. The van der Waals surface area contributed by atoms with Crippen LogP contribution >= 0.6 is 22.9 Å². The lowest BCUT2D eigenvalue weighted by atomic mass is 9.90. The minimum absolute atomic E-state index is 0.0355. The van der Waals surface area contributed by atoms with Crippen molar-refractivity contribution in [3.63, 3.8) is 0 Å². The van der Waals surface area contributed by atoms with Crippen LogP contribution < -0.4 is 0 Å². The number of carbonyl (C=O) groups excluding carboxylic acids is 1. The molecule has 2 aromatic heterocycles. The fourth-order valence-corrected chi connectivity index (χ4v) is 6.36. The van der Waals surface area contributed by atoms with Gasteiger partial charge in [-0.2, -0.15) is 5.10 Å². The van der Waals surface area contributed by atoms with Crippen LogP contribution in [-0.4, -0.2) is 39.4 Å². The number of carbonyl (C=O) groups is 1. The molecule has 1 aliphatic heterocycles. The highest BCUT2D eigenvalue weighted by Crippen LogP contribution is 2.44. The quantitative estimate of drug-likeness (QED) is 0.211. The molecule has 0 N–H and O–H groups in total. The average Bonchev–Trinajstić information content (AvgIpc) is 3.45. The Kier molecular flexibility index (Phi) is 6.58. The van der Waals surface area contributed by atoms with Crippen molar-refractivity contribution in [3.8, 4) is 21.7 Å². The summed E-state index contributed by atoms with van der Waals surface area (Å²) >= 11 is 7.88. The predicted octanol–water partition coefficient (Wildman–Crippen LogP) is 7.96. The van der Waals surface area contributed by atoms with Gasteiger partial charge in [0.15, 0.2) is 5.78 Å². The number of aryl methyl sites for hydroxylation is 1. The molecule has 8 heteroatoms. The van der Waals surface area contributed by atoms with Crippen LogP contribution in [0.4, 0.5) is 0 Å². The van der Waals surface area contributed by atoms with Crippen LogP contribution in [0.5, 0.6) is 0 Å². The van der Waals surface area contributed by atoms with Gasteiger partial charge in [-0.15, -0.1) is 11.3 Å². The van der Waals surface area contributed by atoms with Crippen LogP contribution in [0.3, 0.4) is 0 Å². The third-order valence-electron chi connectivity index (χ3n) is 6.97. The van der Waals surface area contributed by atoms with Gasteiger partial charge in [0, 0.05) is 27.1 Å². The van der Waals surface area contributed by atoms with Crippen molar-refractivity contribution in [3.05, 3.63) is 70.9 Å². The molecule has 6 rings (SSSR count). The molecule has 39 heavy (non-hydrogen) atoms. The third kappa shape index (κ3) is 4.89. The summed E-state index contributed by atoms with van der Waals surface area (Å²) in [6.07, 6.45) is 1.20. The second kappa shape index (κ2) is 9.82.